The maximum Gasteiger partial charge on any atom is 0.246 e. The van der Waals surface area contributed by atoms with Crippen molar-refractivity contribution in [2.75, 3.05) is 13.1 Å². The van der Waals surface area contributed by atoms with Crippen molar-refractivity contribution < 1.29 is 8.42 Å². The largest absolute Gasteiger partial charge is 0.246 e. The Balaban J connectivity index is 1.95. The van der Waals surface area contributed by atoms with Gasteiger partial charge >= 0.3 is 0 Å². The number of aromatic nitrogens is 2. The molecular formula is C16H21N3O2S. The molecule has 0 spiro atoms. The summed E-state index contributed by atoms with van der Waals surface area (Å²) < 4.78 is 29.0. The highest BCUT2D eigenvalue weighted by atomic mass is 32.2. The van der Waals surface area contributed by atoms with E-state index in [1.807, 2.05) is 30.3 Å². The van der Waals surface area contributed by atoms with E-state index in [1.165, 1.54) is 0 Å². The molecule has 6 heteroatoms. The molecule has 22 heavy (non-hydrogen) atoms. The van der Waals surface area contributed by atoms with E-state index < -0.39 is 10.0 Å². The average molecular weight is 319 g/mol. The smallest absolute Gasteiger partial charge is 0.239 e. The molecular weight excluding hydrogens is 298 g/mol. The van der Waals surface area contributed by atoms with Gasteiger partial charge in [0.25, 0.3) is 0 Å². The van der Waals surface area contributed by atoms with Crippen LogP contribution in [0.2, 0.25) is 0 Å². The SMILES string of the molecule is Cc1nn(-c2ccccc2)cc1S(=O)(=O)N1CCCCCC1. The van der Waals surface area contributed by atoms with Gasteiger partial charge in [-0.25, -0.2) is 13.1 Å². The predicted octanol–water partition coefficient (Wildman–Crippen LogP) is 2.75. The van der Waals surface area contributed by atoms with Gasteiger partial charge in [0, 0.05) is 13.1 Å². The first-order valence-corrected chi connectivity index (χ1v) is 9.15. The molecule has 1 aromatic heterocycles. The zero-order chi connectivity index (χ0) is 15.6. The standard InChI is InChI=1S/C16H21N3O2S/c1-14-16(13-19(17-14)15-9-5-4-6-10-15)22(20,21)18-11-7-2-3-8-12-18/h4-6,9-10,13H,2-3,7-8,11-12H2,1H3. The third kappa shape index (κ3) is 2.94. The molecule has 2 aromatic rings. The van der Waals surface area contributed by atoms with Gasteiger partial charge in [-0.15, -0.1) is 0 Å². The van der Waals surface area contributed by atoms with Crippen molar-refractivity contribution in [1.82, 2.24) is 14.1 Å². The van der Waals surface area contributed by atoms with E-state index >= 15 is 0 Å². The van der Waals surface area contributed by atoms with Gasteiger partial charge in [0.2, 0.25) is 10.0 Å². The normalized spacial score (nSPS) is 17.3. The number of hydrogen-bond donors (Lipinski definition) is 0. The first-order valence-electron chi connectivity index (χ1n) is 7.71. The van der Waals surface area contributed by atoms with Crippen LogP contribution in [0, 0.1) is 6.92 Å². The summed E-state index contributed by atoms with van der Waals surface area (Å²) >= 11 is 0. The van der Waals surface area contributed by atoms with Crippen LogP contribution >= 0.6 is 0 Å². The van der Waals surface area contributed by atoms with Gasteiger partial charge in [-0.1, -0.05) is 31.0 Å². The first kappa shape index (κ1) is 15.2. The Bertz CT molecular complexity index is 730. The van der Waals surface area contributed by atoms with E-state index in [1.54, 1.807) is 22.1 Å². The maximum absolute atomic E-state index is 12.9. The lowest BCUT2D eigenvalue weighted by Gasteiger charge is -2.19. The van der Waals surface area contributed by atoms with E-state index in [-0.39, 0.29) is 0 Å². The number of para-hydroxylation sites is 1. The first-order chi connectivity index (χ1) is 10.6. The fourth-order valence-corrected chi connectivity index (χ4v) is 4.50. The molecule has 118 valence electrons. The van der Waals surface area contributed by atoms with E-state index in [4.69, 9.17) is 0 Å². The Morgan fingerprint density at radius 2 is 1.64 bits per heavy atom. The second-order valence-electron chi connectivity index (χ2n) is 5.68. The van der Waals surface area contributed by atoms with Crippen LogP contribution in [0.4, 0.5) is 0 Å². The Morgan fingerprint density at radius 3 is 2.27 bits per heavy atom. The molecule has 1 aromatic carbocycles. The van der Waals surface area contributed by atoms with Crippen molar-refractivity contribution >= 4 is 10.0 Å². The van der Waals surface area contributed by atoms with Crippen molar-refractivity contribution in [3.8, 4) is 5.69 Å². The molecule has 1 fully saturated rings. The molecule has 1 aliphatic rings. The Kier molecular flexibility index (Phi) is 4.31. The van der Waals surface area contributed by atoms with Gasteiger partial charge in [0.1, 0.15) is 4.90 Å². The average Bonchev–Trinajstić information content (AvgIpc) is 2.75. The number of nitrogens with zero attached hydrogens (tertiary/aromatic N) is 3. The van der Waals surface area contributed by atoms with Crippen LogP contribution in [-0.2, 0) is 10.0 Å². The minimum atomic E-state index is -3.45. The molecule has 0 bridgehead atoms. The van der Waals surface area contributed by atoms with Gasteiger partial charge < -0.3 is 0 Å². The third-order valence-corrected chi connectivity index (χ3v) is 6.06. The van der Waals surface area contributed by atoms with Gasteiger partial charge in [0.15, 0.2) is 0 Å². The number of sulfonamides is 1. The topological polar surface area (TPSA) is 55.2 Å². The number of hydrogen-bond acceptors (Lipinski definition) is 3. The molecule has 0 radical (unpaired) electrons. The fraction of sp³-hybridized carbons (Fsp3) is 0.438. The summed E-state index contributed by atoms with van der Waals surface area (Å²) in [4.78, 5) is 0.318. The van der Waals surface area contributed by atoms with Crippen molar-refractivity contribution in [2.45, 2.75) is 37.5 Å². The van der Waals surface area contributed by atoms with Gasteiger partial charge in [0.05, 0.1) is 17.6 Å². The minimum absolute atomic E-state index is 0.318. The maximum atomic E-state index is 12.9. The highest BCUT2D eigenvalue weighted by Crippen LogP contribution is 2.23. The van der Waals surface area contributed by atoms with Crippen LogP contribution in [0.15, 0.2) is 41.4 Å². The molecule has 2 heterocycles. The summed E-state index contributed by atoms with van der Waals surface area (Å²) in [7, 11) is -3.45. The summed E-state index contributed by atoms with van der Waals surface area (Å²) in [6.45, 7) is 2.97. The van der Waals surface area contributed by atoms with Crippen LogP contribution in [0.25, 0.3) is 5.69 Å². The summed E-state index contributed by atoms with van der Waals surface area (Å²) in [5.74, 6) is 0. The van der Waals surface area contributed by atoms with Gasteiger partial charge in [-0.3, -0.25) is 0 Å². The van der Waals surface area contributed by atoms with Crippen molar-refractivity contribution in [3.05, 3.63) is 42.2 Å². The van der Waals surface area contributed by atoms with Crippen LogP contribution < -0.4 is 0 Å². The van der Waals surface area contributed by atoms with Gasteiger partial charge in [-0.2, -0.15) is 9.40 Å². The second-order valence-corrected chi connectivity index (χ2v) is 7.58. The van der Waals surface area contributed by atoms with Gasteiger partial charge in [-0.05, 0) is 31.9 Å². The highest BCUT2D eigenvalue weighted by molar-refractivity contribution is 7.89. The highest BCUT2D eigenvalue weighted by Gasteiger charge is 2.28. The molecule has 5 nitrogen and oxygen atoms in total. The van der Waals surface area contributed by atoms with E-state index in [0.717, 1.165) is 31.4 Å². The quantitative estimate of drug-likeness (QED) is 0.874. The fourth-order valence-electron chi connectivity index (χ4n) is 2.83. The van der Waals surface area contributed by atoms with E-state index in [2.05, 4.69) is 5.10 Å². The van der Waals surface area contributed by atoms with Crippen LogP contribution in [0.5, 0.6) is 0 Å². The molecule has 1 aliphatic heterocycles. The lowest BCUT2D eigenvalue weighted by atomic mass is 10.2. The monoisotopic (exact) mass is 319 g/mol. The van der Waals surface area contributed by atoms with Crippen LogP contribution in [0.3, 0.4) is 0 Å². The number of rotatable bonds is 3. The molecule has 0 atom stereocenters. The number of aryl methyl sites for hydroxylation is 1. The second kappa shape index (κ2) is 6.22. The van der Waals surface area contributed by atoms with E-state index in [9.17, 15) is 8.42 Å². The van der Waals surface area contributed by atoms with Crippen molar-refractivity contribution in [1.29, 1.82) is 0 Å². The Morgan fingerprint density at radius 1 is 1.00 bits per heavy atom. The molecule has 3 rings (SSSR count). The Hall–Kier alpha value is -1.66. The molecule has 0 saturated carbocycles. The van der Waals surface area contributed by atoms with E-state index in [0.29, 0.717) is 23.7 Å². The Labute approximate surface area is 131 Å². The molecule has 0 N–H and O–H groups in total. The lowest BCUT2D eigenvalue weighted by molar-refractivity contribution is 0.423. The minimum Gasteiger partial charge on any atom is -0.239 e. The molecule has 1 saturated heterocycles. The van der Waals surface area contributed by atoms with Crippen molar-refractivity contribution in [3.63, 3.8) is 0 Å². The number of benzene rings is 1. The zero-order valence-electron chi connectivity index (χ0n) is 12.8. The van der Waals surface area contributed by atoms with Crippen LogP contribution in [-0.4, -0.2) is 35.6 Å². The lowest BCUT2D eigenvalue weighted by Crippen LogP contribution is -2.32. The summed E-state index contributed by atoms with van der Waals surface area (Å²) in [6.07, 6.45) is 5.71. The third-order valence-electron chi connectivity index (χ3n) is 4.06. The van der Waals surface area contributed by atoms with Crippen LogP contribution in [0.1, 0.15) is 31.4 Å². The molecule has 0 unspecified atom stereocenters. The molecule has 0 aliphatic carbocycles. The summed E-state index contributed by atoms with van der Waals surface area (Å²) in [5.41, 5.74) is 1.41. The summed E-state index contributed by atoms with van der Waals surface area (Å²) in [6, 6.07) is 9.57. The zero-order valence-corrected chi connectivity index (χ0v) is 13.6. The van der Waals surface area contributed by atoms with Crippen molar-refractivity contribution in [2.24, 2.45) is 0 Å². The summed E-state index contributed by atoms with van der Waals surface area (Å²) in [5, 5.41) is 4.38. The predicted molar refractivity (Wildman–Crippen MR) is 85.5 cm³/mol. The molecule has 0 amide bonds.